The van der Waals surface area contributed by atoms with E-state index in [9.17, 15) is 9.59 Å². The fraction of sp³-hybridized carbons (Fsp3) is 0.500. The Morgan fingerprint density at radius 2 is 1.77 bits per heavy atom. The Morgan fingerprint density at radius 1 is 1.14 bits per heavy atom. The van der Waals surface area contributed by atoms with Crippen LogP contribution in [0.4, 0.5) is 0 Å². The van der Waals surface area contributed by atoms with Crippen LogP contribution < -0.4 is 4.74 Å². The number of hydrogen-bond acceptors (Lipinski definition) is 3. The molecule has 3 rings (SSSR count). The summed E-state index contributed by atoms with van der Waals surface area (Å²) >= 11 is 6.07. The van der Waals surface area contributed by atoms with E-state index in [-0.39, 0.29) is 17.7 Å². The second-order valence-electron chi connectivity index (χ2n) is 5.74. The lowest BCUT2D eigenvalue weighted by atomic mass is 10.1. The van der Waals surface area contributed by atoms with Crippen LogP contribution in [0.15, 0.2) is 18.2 Å². The van der Waals surface area contributed by atoms with E-state index in [1.165, 1.54) is 0 Å². The summed E-state index contributed by atoms with van der Waals surface area (Å²) in [4.78, 5) is 28.2. The summed E-state index contributed by atoms with van der Waals surface area (Å²) in [6, 6.07) is 5.04. The maximum atomic E-state index is 12.5. The molecule has 0 bridgehead atoms. The van der Waals surface area contributed by atoms with E-state index < -0.39 is 0 Å². The van der Waals surface area contributed by atoms with E-state index in [1.807, 2.05) is 4.90 Å². The molecule has 22 heavy (non-hydrogen) atoms. The van der Waals surface area contributed by atoms with Crippen LogP contribution in [0.25, 0.3) is 0 Å². The molecular formula is C16H19ClN2O3. The fourth-order valence-corrected chi connectivity index (χ4v) is 2.96. The second-order valence-corrected chi connectivity index (χ2v) is 6.15. The van der Waals surface area contributed by atoms with Crippen molar-refractivity contribution in [2.24, 2.45) is 5.92 Å². The minimum atomic E-state index is -0.0527. The molecule has 1 aromatic carbocycles. The Balaban J connectivity index is 1.61. The van der Waals surface area contributed by atoms with Crippen LogP contribution in [0.5, 0.6) is 5.75 Å². The highest BCUT2D eigenvalue weighted by Crippen LogP contribution is 2.31. The summed E-state index contributed by atoms with van der Waals surface area (Å²) in [7, 11) is 1.54. The molecular weight excluding hydrogens is 304 g/mol. The summed E-state index contributed by atoms with van der Waals surface area (Å²) in [5.41, 5.74) is 0.549. The van der Waals surface area contributed by atoms with Crippen molar-refractivity contribution in [2.45, 2.75) is 12.8 Å². The molecule has 1 heterocycles. The van der Waals surface area contributed by atoms with Crippen molar-refractivity contribution in [3.05, 3.63) is 28.8 Å². The van der Waals surface area contributed by atoms with Gasteiger partial charge >= 0.3 is 0 Å². The van der Waals surface area contributed by atoms with Gasteiger partial charge < -0.3 is 14.5 Å². The number of ether oxygens (including phenoxy) is 1. The van der Waals surface area contributed by atoms with Gasteiger partial charge in [0.2, 0.25) is 5.91 Å². The van der Waals surface area contributed by atoms with Gasteiger partial charge in [-0.1, -0.05) is 11.6 Å². The number of nitrogens with zero attached hydrogens (tertiary/aromatic N) is 2. The average Bonchev–Trinajstić information content (AvgIpc) is 3.38. The second kappa shape index (κ2) is 6.16. The van der Waals surface area contributed by atoms with Gasteiger partial charge in [-0.15, -0.1) is 0 Å². The van der Waals surface area contributed by atoms with Crippen molar-refractivity contribution in [3.8, 4) is 5.75 Å². The van der Waals surface area contributed by atoms with E-state index in [4.69, 9.17) is 16.3 Å². The van der Waals surface area contributed by atoms with Crippen LogP contribution in [0.1, 0.15) is 23.2 Å². The zero-order chi connectivity index (χ0) is 15.7. The summed E-state index contributed by atoms with van der Waals surface area (Å²) in [6.07, 6.45) is 2.03. The van der Waals surface area contributed by atoms with E-state index in [0.717, 1.165) is 12.8 Å². The molecule has 0 radical (unpaired) electrons. The molecule has 1 aliphatic heterocycles. The van der Waals surface area contributed by atoms with Gasteiger partial charge in [-0.25, -0.2) is 0 Å². The van der Waals surface area contributed by atoms with Crippen LogP contribution in [-0.2, 0) is 4.79 Å². The first-order valence-corrected chi connectivity index (χ1v) is 7.89. The van der Waals surface area contributed by atoms with E-state index >= 15 is 0 Å². The molecule has 1 aliphatic carbocycles. The standard InChI is InChI=1S/C16H19ClN2O3/c1-22-14-5-4-12(10-13(14)17)16(21)19-8-6-18(7-9-19)15(20)11-2-3-11/h4-5,10-11H,2-3,6-9H2,1H3. The third-order valence-electron chi connectivity index (χ3n) is 4.20. The third kappa shape index (κ3) is 3.04. The zero-order valence-electron chi connectivity index (χ0n) is 12.5. The number of benzene rings is 1. The molecule has 1 saturated carbocycles. The first kappa shape index (κ1) is 15.2. The maximum Gasteiger partial charge on any atom is 0.254 e. The monoisotopic (exact) mass is 322 g/mol. The molecule has 2 fully saturated rings. The molecule has 118 valence electrons. The molecule has 0 atom stereocenters. The van der Waals surface area contributed by atoms with Crippen molar-refractivity contribution < 1.29 is 14.3 Å². The molecule has 0 spiro atoms. The number of hydrogen-bond donors (Lipinski definition) is 0. The molecule has 1 aromatic rings. The Kier molecular flexibility index (Phi) is 4.25. The Labute approximate surface area is 134 Å². The van der Waals surface area contributed by atoms with Gasteiger partial charge in [0.05, 0.1) is 12.1 Å². The summed E-state index contributed by atoms with van der Waals surface area (Å²) in [5.74, 6) is 0.989. The van der Waals surface area contributed by atoms with Crippen molar-refractivity contribution in [2.75, 3.05) is 33.3 Å². The van der Waals surface area contributed by atoms with Crippen LogP contribution in [0.3, 0.4) is 0 Å². The highest BCUT2D eigenvalue weighted by atomic mass is 35.5. The Hall–Kier alpha value is -1.75. The topological polar surface area (TPSA) is 49.9 Å². The quantitative estimate of drug-likeness (QED) is 0.855. The highest BCUT2D eigenvalue weighted by Gasteiger charge is 2.35. The molecule has 2 amide bonds. The van der Waals surface area contributed by atoms with Gasteiger partial charge in [0.1, 0.15) is 5.75 Å². The average molecular weight is 323 g/mol. The summed E-state index contributed by atoms with van der Waals surface area (Å²) in [6.45, 7) is 2.37. The first-order chi connectivity index (χ1) is 10.6. The van der Waals surface area contributed by atoms with E-state index in [1.54, 1.807) is 30.2 Å². The van der Waals surface area contributed by atoms with Crippen molar-refractivity contribution in [3.63, 3.8) is 0 Å². The number of amides is 2. The lowest BCUT2D eigenvalue weighted by Crippen LogP contribution is -2.51. The van der Waals surface area contributed by atoms with Crippen LogP contribution in [-0.4, -0.2) is 54.9 Å². The third-order valence-corrected chi connectivity index (χ3v) is 4.50. The summed E-state index contributed by atoms with van der Waals surface area (Å²) < 4.78 is 5.09. The van der Waals surface area contributed by atoms with Gasteiger partial charge in [0, 0.05) is 37.7 Å². The molecule has 0 unspecified atom stereocenters. The van der Waals surface area contributed by atoms with Gasteiger partial charge in [-0.2, -0.15) is 0 Å². The first-order valence-electron chi connectivity index (χ1n) is 7.51. The molecule has 2 aliphatic rings. The fourth-order valence-electron chi connectivity index (χ4n) is 2.70. The van der Waals surface area contributed by atoms with Crippen LogP contribution in [0, 0.1) is 5.92 Å². The highest BCUT2D eigenvalue weighted by molar-refractivity contribution is 6.32. The van der Waals surface area contributed by atoms with Gasteiger partial charge in [0.15, 0.2) is 0 Å². The zero-order valence-corrected chi connectivity index (χ0v) is 13.3. The lowest BCUT2D eigenvalue weighted by molar-refractivity contribution is -0.134. The predicted octanol–water partition coefficient (Wildman–Crippen LogP) is 2.04. The minimum Gasteiger partial charge on any atom is -0.495 e. The van der Waals surface area contributed by atoms with Crippen LogP contribution in [0.2, 0.25) is 5.02 Å². The van der Waals surface area contributed by atoms with Crippen molar-refractivity contribution in [1.29, 1.82) is 0 Å². The number of rotatable bonds is 3. The Bertz CT molecular complexity index is 593. The molecule has 0 N–H and O–H groups in total. The van der Waals surface area contributed by atoms with Crippen molar-refractivity contribution >= 4 is 23.4 Å². The largest absolute Gasteiger partial charge is 0.495 e. The number of halogens is 1. The van der Waals surface area contributed by atoms with Gasteiger partial charge in [-0.3, -0.25) is 9.59 Å². The lowest BCUT2D eigenvalue weighted by Gasteiger charge is -2.35. The maximum absolute atomic E-state index is 12.5. The molecule has 1 saturated heterocycles. The van der Waals surface area contributed by atoms with Crippen molar-refractivity contribution in [1.82, 2.24) is 9.80 Å². The molecule has 0 aromatic heterocycles. The predicted molar refractivity (Wildman–Crippen MR) is 83.2 cm³/mol. The Morgan fingerprint density at radius 3 is 2.32 bits per heavy atom. The molecule has 5 nitrogen and oxygen atoms in total. The van der Waals surface area contributed by atoms with E-state index in [0.29, 0.717) is 42.5 Å². The van der Waals surface area contributed by atoms with Crippen LogP contribution >= 0.6 is 11.6 Å². The van der Waals surface area contributed by atoms with Gasteiger partial charge in [0.25, 0.3) is 5.91 Å². The number of piperazine rings is 1. The van der Waals surface area contributed by atoms with Gasteiger partial charge in [-0.05, 0) is 31.0 Å². The molecule has 6 heteroatoms. The van der Waals surface area contributed by atoms with E-state index in [2.05, 4.69) is 0 Å². The smallest absolute Gasteiger partial charge is 0.254 e. The number of carbonyl (C=O) groups is 2. The number of methoxy groups -OCH3 is 1. The SMILES string of the molecule is COc1ccc(C(=O)N2CCN(C(=O)C3CC3)CC2)cc1Cl. The summed E-state index contributed by atoms with van der Waals surface area (Å²) in [5, 5.41) is 0.427. The normalized spacial score (nSPS) is 18.3. The number of carbonyl (C=O) groups excluding carboxylic acids is 2. The minimum absolute atomic E-state index is 0.0527.